The molecular weight excluding hydrogens is 401 g/mol. The number of hydrogen-bond acceptors (Lipinski definition) is 6. The Labute approximate surface area is 175 Å². The highest BCUT2D eigenvalue weighted by Gasteiger charge is 2.28. The molecule has 0 aliphatic carbocycles. The Hall–Kier alpha value is -2.35. The van der Waals surface area contributed by atoms with Gasteiger partial charge in [-0.3, -0.25) is 0 Å². The molecule has 1 amide bonds. The van der Waals surface area contributed by atoms with Crippen LogP contribution in [0.2, 0.25) is 5.02 Å². The van der Waals surface area contributed by atoms with E-state index in [0.29, 0.717) is 24.5 Å². The van der Waals surface area contributed by atoms with Gasteiger partial charge in [-0.15, -0.1) is 0 Å². The van der Waals surface area contributed by atoms with Crippen molar-refractivity contribution in [2.45, 2.75) is 52.2 Å². The largest absolute Gasteiger partial charge is 0.461 e. The molecule has 160 valence electrons. The molecule has 0 saturated carbocycles. The van der Waals surface area contributed by atoms with E-state index in [0.717, 1.165) is 18.9 Å². The van der Waals surface area contributed by atoms with Crippen LogP contribution in [0.5, 0.6) is 0 Å². The summed E-state index contributed by atoms with van der Waals surface area (Å²) < 4.78 is 23.8. The van der Waals surface area contributed by atoms with Crippen LogP contribution in [0.1, 0.15) is 46.1 Å². The van der Waals surface area contributed by atoms with Crippen LogP contribution >= 0.6 is 11.6 Å². The minimum Gasteiger partial charge on any atom is -0.461 e. The van der Waals surface area contributed by atoms with E-state index in [2.05, 4.69) is 15.0 Å². The first-order valence-corrected chi connectivity index (χ1v) is 9.91. The average molecular weight is 428 g/mol. The molecule has 29 heavy (non-hydrogen) atoms. The fourth-order valence-electron chi connectivity index (χ4n) is 2.82. The molecule has 1 aliphatic rings. The van der Waals surface area contributed by atoms with Crippen molar-refractivity contribution in [3.63, 3.8) is 0 Å². The lowest BCUT2D eigenvalue weighted by Crippen LogP contribution is -2.47. The fraction of sp³-hybridized carbons (Fsp3) is 0.550. The molecule has 1 fully saturated rings. The summed E-state index contributed by atoms with van der Waals surface area (Å²) in [5.41, 5.74) is -0.213. The number of aromatic nitrogens is 1. The van der Waals surface area contributed by atoms with Crippen LogP contribution in [-0.2, 0) is 14.3 Å². The van der Waals surface area contributed by atoms with E-state index in [-0.39, 0.29) is 23.8 Å². The number of pyridine rings is 1. The summed E-state index contributed by atoms with van der Waals surface area (Å²) in [5, 5.41) is 3.50. The van der Waals surface area contributed by atoms with E-state index in [4.69, 9.17) is 16.3 Å². The Balaban J connectivity index is 2.02. The molecule has 1 aromatic rings. The molecule has 0 aromatic carbocycles. The minimum atomic E-state index is -1.03. The summed E-state index contributed by atoms with van der Waals surface area (Å²) >= 11 is 6.26. The predicted octanol–water partition coefficient (Wildman–Crippen LogP) is 4.42. The topological polar surface area (TPSA) is 80.8 Å². The van der Waals surface area contributed by atoms with Crippen molar-refractivity contribution in [2.24, 2.45) is 0 Å². The average Bonchev–Trinajstić information content (AvgIpc) is 2.63. The summed E-state index contributed by atoms with van der Waals surface area (Å²) in [6.45, 7) is 8.26. The molecule has 1 N–H and O–H groups in total. The van der Waals surface area contributed by atoms with Crippen molar-refractivity contribution < 1.29 is 23.5 Å². The summed E-state index contributed by atoms with van der Waals surface area (Å²) in [7, 11) is 0. The summed E-state index contributed by atoms with van der Waals surface area (Å²) in [6, 6.07) is 1.46. The monoisotopic (exact) mass is 427 g/mol. The van der Waals surface area contributed by atoms with Crippen molar-refractivity contribution in [1.82, 2.24) is 9.88 Å². The summed E-state index contributed by atoms with van der Waals surface area (Å²) in [6.07, 6.45) is 3.74. The zero-order valence-electron chi connectivity index (χ0n) is 17.1. The standard InChI is InChI=1S/C20H27ClFN3O4/c1-5-28-18(26)16(22)10-13-9-15(21)17(23-11-13)24-14-7-6-8-25(12-14)19(27)29-20(2,3)4/h9-11,14H,5-8,12H2,1-4H3,(H,23,24)/t14-/m1/s1. The molecule has 0 radical (unpaired) electrons. The third kappa shape index (κ3) is 7.20. The fourth-order valence-corrected chi connectivity index (χ4v) is 3.05. The quantitative estimate of drug-likeness (QED) is 0.553. The van der Waals surface area contributed by atoms with Gasteiger partial charge in [0.2, 0.25) is 5.83 Å². The molecule has 0 bridgehead atoms. The zero-order chi connectivity index (χ0) is 21.6. The first-order valence-electron chi connectivity index (χ1n) is 9.53. The molecule has 1 aromatic heterocycles. The van der Waals surface area contributed by atoms with Gasteiger partial charge in [-0.25, -0.2) is 14.6 Å². The second-order valence-electron chi connectivity index (χ2n) is 7.72. The number of ether oxygens (including phenoxy) is 2. The lowest BCUT2D eigenvalue weighted by atomic mass is 10.1. The molecule has 1 aliphatic heterocycles. The third-order valence-electron chi connectivity index (χ3n) is 4.04. The molecule has 1 saturated heterocycles. The Kier molecular flexibility index (Phi) is 7.84. The van der Waals surface area contributed by atoms with Crippen LogP contribution in [0.3, 0.4) is 0 Å². The maximum Gasteiger partial charge on any atom is 0.410 e. The minimum absolute atomic E-state index is 0.0427. The van der Waals surface area contributed by atoms with Gasteiger partial charge in [0.15, 0.2) is 0 Å². The van der Waals surface area contributed by atoms with E-state index in [9.17, 15) is 14.0 Å². The van der Waals surface area contributed by atoms with Crippen LogP contribution in [0, 0.1) is 0 Å². The predicted molar refractivity (Wildman–Crippen MR) is 109 cm³/mol. The number of hydrogen-bond donors (Lipinski definition) is 1. The maximum absolute atomic E-state index is 13.8. The number of rotatable bonds is 5. The SMILES string of the molecule is CCOC(=O)C(F)=Cc1cnc(N[C@@H]2CCCN(C(=O)OC(C)(C)C)C2)c(Cl)c1. The lowest BCUT2D eigenvalue weighted by Gasteiger charge is -2.34. The molecule has 9 heteroatoms. The second kappa shape index (κ2) is 9.91. The Morgan fingerprint density at radius 2 is 2.17 bits per heavy atom. The molecule has 1 atom stereocenters. The molecule has 2 rings (SSSR count). The number of carbonyl (C=O) groups excluding carboxylic acids is 2. The number of piperidine rings is 1. The highest BCUT2D eigenvalue weighted by molar-refractivity contribution is 6.33. The second-order valence-corrected chi connectivity index (χ2v) is 8.13. The number of nitrogens with one attached hydrogen (secondary N) is 1. The number of carbonyl (C=O) groups is 2. The number of amides is 1. The van der Waals surface area contributed by atoms with Crippen molar-refractivity contribution in [1.29, 1.82) is 0 Å². The van der Waals surface area contributed by atoms with Crippen molar-refractivity contribution >= 4 is 35.6 Å². The number of esters is 1. The van der Waals surface area contributed by atoms with Gasteiger partial charge in [-0.05, 0) is 58.2 Å². The van der Waals surface area contributed by atoms with E-state index in [1.54, 1.807) is 11.8 Å². The van der Waals surface area contributed by atoms with Gasteiger partial charge in [0, 0.05) is 25.3 Å². The van der Waals surface area contributed by atoms with E-state index in [1.807, 2.05) is 20.8 Å². The van der Waals surface area contributed by atoms with E-state index in [1.165, 1.54) is 12.3 Å². The van der Waals surface area contributed by atoms with Crippen LogP contribution in [0.25, 0.3) is 6.08 Å². The molecule has 0 unspecified atom stereocenters. The lowest BCUT2D eigenvalue weighted by molar-refractivity contribution is -0.140. The normalized spacial score (nSPS) is 17.7. The van der Waals surface area contributed by atoms with Crippen LogP contribution in [0.15, 0.2) is 18.1 Å². The van der Waals surface area contributed by atoms with Gasteiger partial charge < -0.3 is 19.7 Å². The summed E-state index contributed by atoms with van der Waals surface area (Å²) in [4.78, 5) is 29.5. The number of halogens is 2. The highest BCUT2D eigenvalue weighted by atomic mass is 35.5. The van der Waals surface area contributed by atoms with E-state index < -0.39 is 17.4 Å². The van der Waals surface area contributed by atoms with Gasteiger partial charge in [-0.2, -0.15) is 4.39 Å². The number of anilines is 1. The number of likely N-dealkylation sites (tertiary alicyclic amines) is 1. The molecular formula is C20H27ClFN3O4. The van der Waals surface area contributed by atoms with Crippen molar-refractivity contribution in [3.05, 3.63) is 28.7 Å². The zero-order valence-corrected chi connectivity index (χ0v) is 17.9. The third-order valence-corrected chi connectivity index (χ3v) is 4.33. The molecule has 7 nitrogen and oxygen atoms in total. The van der Waals surface area contributed by atoms with Crippen molar-refractivity contribution in [3.8, 4) is 0 Å². The first kappa shape index (κ1) is 22.9. The van der Waals surface area contributed by atoms with Crippen LogP contribution < -0.4 is 5.32 Å². The van der Waals surface area contributed by atoms with Gasteiger partial charge in [0.25, 0.3) is 0 Å². The first-order chi connectivity index (χ1) is 13.6. The smallest absolute Gasteiger partial charge is 0.410 e. The van der Waals surface area contributed by atoms with Crippen molar-refractivity contribution in [2.75, 3.05) is 25.0 Å². The van der Waals surface area contributed by atoms with Gasteiger partial charge >= 0.3 is 12.1 Å². The molecule has 2 heterocycles. The number of nitrogens with zero attached hydrogens (tertiary/aromatic N) is 2. The van der Waals surface area contributed by atoms with Crippen LogP contribution in [0.4, 0.5) is 15.0 Å². The van der Waals surface area contributed by atoms with Gasteiger partial charge in [-0.1, -0.05) is 11.6 Å². The maximum atomic E-state index is 13.8. The summed E-state index contributed by atoms with van der Waals surface area (Å²) in [5.74, 6) is -1.63. The Morgan fingerprint density at radius 3 is 2.79 bits per heavy atom. The van der Waals surface area contributed by atoms with Gasteiger partial charge in [0.05, 0.1) is 11.6 Å². The molecule has 0 spiro atoms. The highest BCUT2D eigenvalue weighted by Crippen LogP contribution is 2.25. The van der Waals surface area contributed by atoms with Gasteiger partial charge in [0.1, 0.15) is 11.4 Å². The van der Waals surface area contributed by atoms with E-state index >= 15 is 0 Å². The Bertz CT molecular complexity index is 779. The Morgan fingerprint density at radius 1 is 1.45 bits per heavy atom. The van der Waals surface area contributed by atoms with Crippen LogP contribution in [-0.4, -0.2) is 53.3 Å².